The van der Waals surface area contributed by atoms with Gasteiger partial charge in [-0.1, -0.05) is 0 Å². The lowest BCUT2D eigenvalue weighted by atomic mass is 9.90. The third kappa shape index (κ3) is 3.70. The van der Waals surface area contributed by atoms with E-state index in [9.17, 15) is 9.50 Å². The van der Waals surface area contributed by atoms with E-state index in [-0.39, 0.29) is 18.3 Å². The number of aliphatic hydroxyl groups is 1. The van der Waals surface area contributed by atoms with Crippen molar-refractivity contribution in [3.8, 4) is 16.8 Å². The number of aliphatic hydroxyl groups excluding tert-OH is 1. The summed E-state index contributed by atoms with van der Waals surface area (Å²) in [4.78, 5) is 4.49. The minimum Gasteiger partial charge on any atom is -0.394 e. The molecule has 0 radical (unpaired) electrons. The lowest BCUT2D eigenvalue weighted by Crippen LogP contribution is -2.30. The maximum Gasteiger partial charge on any atom is 0.123 e. The van der Waals surface area contributed by atoms with Crippen molar-refractivity contribution < 1.29 is 14.2 Å². The number of nitrogens with zero attached hydrogens (tertiary/aromatic N) is 4. The molecule has 0 saturated carbocycles. The van der Waals surface area contributed by atoms with Crippen LogP contribution in [0.3, 0.4) is 0 Å². The molecule has 1 N–H and O–H groups in total. The average Bonchev–Trinajstić information content (AvgIpc) is 3.61. The molecule has 0 aliphatic carbocycles. The highest BCUT2D eigenvalue weighted by Crippen LogP contribution is 2.44. The fourth-order valence-electron chi connectivity index (χ4n) is 5.30. The highest BCUT2D eigenvalue weighted by Gasteiger charge is 2.30. The van der Waals surface area contributed by atoms with E-state index in [0.717, 1.165) is 59.3 Å². The van der Waals surface area contributed by atoms with E-state index in [0.29, 0.717) is 6.54 Å². The van der Waals surface area contributed by atoms with E-state index < -0.39 is 5.54 Å². The minimum absolute atomic E-state index is 0.0108. The Hall–Kier alpha value is -3.29. The van der Waals surface area contributed by atoms with Crippen LogP contribution in [0, 0.1) is 5.82 Å². The first-order chi connectivity index (χ1) is 17.0. The SMILES string of the molecule is CC(C)(CO)n1cc(-c2c(C3CCOCC3)n(-c3ccc(F)cc3)c3cc4c(cc23)CN=C4)cn1. The van der Waals surface area contributed by atoms with Gasteiger partial charge in [-0.25, -0.2) is 4.39 Å². The lowest BCUT2D eigenvalue weighted by molar-refractivity contribution is 0.0843. The summed E-state index contributed by atoms with van der Waals surface area (Å²) in [7, 11) is 0. The van der Waals surface area contributed by atoms with E-state index in [4.69, 9.17) is 4.74 Å². The Morgan fingerprint density at radius 2 is 1.91 bits per heavy atom. The molecule has 2 aromatic carbocycles. The minimum atomic E-state index is -0.512. The second-order valence-corrected chi connectivity index (χ2v) is 10.1. The van der Waals surface area contributed by atoms with Gasteiger partial charge in [-0.3, -0.25) is 9.67 Å². The summed E-state index contributed by atoms with van der Waals surface area (Å²) in [6.45, 7) is 6.04. The lowest BCUT2D eigenvalue weighted by Gasteiger charge is -2.25. The summed E-state index contributed by atoms with van der Waals surface area (Å²) in [6, 6.07) is 11.2. The van der Waals surface area contributed by atoms with Gasteiger partial charge in [0.1, 0.15) is 5.82 Å². The largest absolute Gasteiger partial charge is 0.394 e. The van der Waals surface area contributed by atoms with E-state index in [1.54, 1.807) is 0 Å². The Labute approximate surface area is 203 Å². The van der Waals surface area contributed by atoms with Gasteiger partial charge in [-0.05, 0) is 74.2 Å². The number of hydrogen-bond acceptors (Lipinski definition) is 4. The maximum atomic E-state index is 13.9. The van der Waals surface area contributed by atoms with E-state index >= 15 is 0 Å². The molecule has 0 amide bonds. The molecule has 1 saturated heterocycles. The molecule has 0 spiro atoms. The van der Waals surface area contributed by atoms with Crippen LogP contribution in [-0.4, -0.2) is 45.5 Å². The van der Waals surface area contributed by atoms with Crippen molar-refractivity contribution in [1.29, 1.82) is 0 Å². The van der Waals surface area contributed by atoms with Crippen molar-refractivity contribution in [3.05, 3.63) is 71.4 Å². The van der Waals surface area contributed by atoms with Crippen LogP contribution >= 0.6 is 0 Å². The highest BCUT2D eigenvalue weighted by atomic mass is 19.1. The molecule has 180 valence electrons. The number of ether oxygens (including phenoxy) is 1. The van der Waals surface area contributed by atoms with Gasteiger partial charge < -0.3 is 14.4 Å². The molecular weight excluding hydrogens is 443 g/mol. The fourth-order valence-corrected chi connectivity index (χ4v) is 5.30. The molecule has 2 aromatic heterocycles. The summed E-state index contributed by atoms with van der Waals surface area (Å²) < 4.78 is 23.7. The van der Waals surface area contributed by atoms with Crippen LogP contribution in [0.1, 0.15) is 49.4 Å². The molecule has 6 rings (SSSR count). The van der Waals surface area contributed by atoms with Gasteiger partial charge in [-0.2, -0.15) is 5.10 Å². The molecule has 4 aromatic rings. The highest BCUT2D eigenvalue weighted by molar-refractivity contribution is 6.03. The van der Waals surface area contributed by atoms with Crippen molar-refractivity contribution in [3.63, 3.8) is 0 Å². The Morgan fingerprint density at radius 1 is 1.14 bits per heavy atom. The van der Waals surface area contributed by atoms with Crippen LogP contribution in [0.4, 0.5) is 4.39 Å². The van der Waals surface area contributed by atoms with Gasteiger partial charge in [0, 0.05) is 59.4 Å². The number of fused-ring (bicyclic) bond motifs is 2. The standard InChI is InChI=1S/C28H29FN4O2/c1-28(2,17-34)32-16-21(15-31-32)26-24-11-19-13-30-14-20(19)12-25(24)33(23-5-3-22(29)4-6-23)27(26)18-7-9-35-10-8-18/h3-6,11-12,14-16,18,34H,7-10,13,17H2,1-2H3. The second kappa shape index (κ2) is 8.43. The third-order valence-electron chi connectivity index (χ3n) is 7.33. The van der Waals surface area contributed by atoms with Crippen molar-refractivity contribution in [2.45, 2.75) is 44.7 Å². The van der Waals surface area contributed by atoms with Gasteiger partial charge in [0.25, 0.3) is 0 Å². The number of benzene rings is 2. The predicted octanol–water partition coefficient (Wildman–Crippen LogP) is 5.19. The zero-order valence-electron chi connectivity index (χ0n) is 20.0. The Kier molecular flexibility index (Phi) is 5.34. The second-order valence-electron chi connectivity index (χ2n) is 10.1. The van der Waals surface area contributed by atoms with E-state index in [1.807, 2.05) is 49.3 Å². The van der Waals surface area contributed by atoms with Gasteiger partial charge in [0.2, 0.25) is 0 Å². The Bertz CT molecular complexity index is 1430. The zero-order chi connectivity index (χ0) is 24.2. The van der Waals surface area contributed by atoms with Crippen LogP contribution in [0.2, 0.25) is 0 Å². The molecule has 6 nitrogen and oxygen atoms in total. The Morgan fingerprint density at radius 3 is 2.66 bits per heavy atom. The van der Waals surface area contributed by atoms with Crippen LogP contribution in [0.5, 0.6) is 0 Å². The topological polar surface area (TPSA) is 64.6 Å². The van der Waals surface area contributed by atoms with Gasteiger partial charge in [-0.15, -0.1) is 0 Å². The molecule has 2 aliphatic rings. The number of aliphatic imine (C=N–C) groups is 1. The summed E-state index contributed by atoms with van der Waals surface area (Å²) >= 11 is 0. The van der Waals surface area contributed by atoms with Crippen LogP contribution in [-0.2, 0) is 16.8 Å². The zero-order valence-corrected chi connectivity index (χ0v) is 20.0. The summed E-state index contributed by atoms with van der Waals surface area (Å²) in [5.74, 6) is 0.0347. The molecule has 35 heavy (non-hydrogen) atoms. The van der Waals surface area contributed by atoms with Gasteiger partial charge >= 0.3 is 0 Å². The van der Waals surface area contributed by atoms with E-state index in [2.05, 4.69) is 26.8 Å². The monoisotopic (exact) mass is 472 g/mol. The average molecular weight is 473 g/mol. The van der Waals surface area contributed by atoms with Crippen LogP contribution < -0.4 is 0 Å². The third-order valence-corrected chi connectivity index (χ3v) is 7.33. The molecule has 0 bridgehead atoms. The van der Waals surface area contributed by atoms with Crippen molar-refractivity contribution in [1.82, 2.24) is 14.3 Å². The molecule has 2 aliphatic heterocycles. The molecule has 0 unspecified atom stereocenters. The molecule has 7 heteroatoms. The summed E-state index contributed by atoms with van der Waals surface area (Å²) in [6.07, 6.45) is 7.70. The number of halogens is 1. The smallest absolute Gasteiger partial charge is 0.123 e. The first kappa shape index (κ1) is 22.2. The molecule has 1 fully saturated rings. The molecule has 0 atom stereocenters. The fraction of sp³-hybridized carbons (Fsp3) is 0.357. The van der Waals surface area contributed by atoms with Gasteiger partial charge in [0.15, 0.2) is 0 Å². The maximum absolute atomic E-state index is 13.9. The summed E-state index contributed by atoms with van der Waals surface area (Å²) in [5, 5.41) is 15.7. The molecular formula is C28H29FN4O2. The van der Waals surface area contributed by atoms with Crippen molar-refractivity contribution in [2.75, 3.05) is 19.8 Å². The first-order valence-corrected chi connectivity index (χ1v) is 12.2. The molecule has 4 heterocycles. The van der Waals surface area contributed by atoms with Crippen LogP contribution in [0.25, 0.3) is 27.7 Å². The number of rotatable bonds is 5. The van der Waals surface area contributed by atoms with Crippen LogP contribution in [0.15, 0.2) is 53.8 Å². The van der Waals surface area contributed by atoms with Gasteiger partial charge in [0.05, 0.1) is 30.4 Å². The van der Waals surface area contributed by atoms with Crippen molar-refractivity contribution >= 4 is 17.1 Å². The first-order valence-electron chi connectivity index (χ1n) is 12.2. The number of hydrogen-bond donors (Lipinski definition) is 1. The predicted molar refractivity (Wildman–Crippen MR) is 135 cm³/mol. The summed E-state index contributed by atoms with van der Waals surface area (Å²) in [5.41, 5.74) is 7.19. The quantitative estimate of drug-likeness (QED) is 0.435. The van der Waals surface area contributed by atoms with E-state index in [1.165, 1.54) is 23.4 Å². The van der Waals surface area contributed by atoms with Crippen molar-refractivity contribution in [2.24, 2.45) is 4.99 Å². The Balaban J connectivity index is 1.68. The number of aromatic nitrogens is 3. The normalized spacial score (nSPS) is 16.3.